The summed E-state index contributed by atoms with van der Waals surface area (Å²) in [6.45, 7) is 9.11. The minimum Gasteiger partial charge on any atom is -0.394 e. The summed E-state index contributed by atoms with van der Waals surface area (Å²) in [4.78, 5) is 0. The van der Waals surface area contributed by atoms with Gasteiger partial charge in [0.05, 0.1) is 32.0 Å². The normalized spacial score (nSPS) is 58.5. The first kappa shape index (κ1) is 45.5. The standard InChI is InChI=1S/C44H73NO16/c1-19-7-12-44(45-15-19)20(2)30-27(61-44)14-25-23-6-5-21-13-22(8-10-42(21,3)24(23)9-11-43(25,30)4)56-40-35(53)33(51)37(29(17-47)58-40)59-41-36(54)38(32(50)28(16-46)57-41)60-39-34(52)31(49)26(48)18-55-39/h19-41,45-54H,5-18H2,1-4H3/t19-,20-,21-,22-,23+,24-,25-,26+,27-,28+,29+,30-,31-,32+,33+,34+,35+,36+,37-,38-,39-,40+,41+,42-,43-,44-/m0/s1. The van der Waals surface area contributed by atoms with E-state index in [0.717, 1.165) is 45.1 Å². The minimum absolute atomic E-state index is 0.166. The van der Waals surface area contributed by atoms with E-state index in [0.29, 0.717) is 47.5 Å². The summed E-state index contributed by atoms with van der Waals surface area (Å²) in [5.41, 5.74) is 0.283. The van der Waals surface area contributed by atoms with Gasteiger partial charge >= 0.3 is 0 Å². The Balaban J connectivity index is 0.815. The lowest BCUT2D eigenvalue weighted by Crippen LogP contribution is -2.66. The second-order valence-electron chi connectivity index (χ2n) is 21.2. The Morgan fingerprint density at radius 3 is 2.05 bits per heavy atom. The highest BCUT2D eigenvalue weighted by atomic mass is 16.8. The van der Waals surface area contributed by atoms with E-state index in [-0.39, 0.29) is 22.7 Å². The summed E-state index contributed by atoms with van der Waals surface area (Å²) in [7, 11) is 0. The minimum atomic E-state index is -1.82. The predicted molar refractivity (Wildman–Crippen MR) is 212 cm³/mol. The van der Waals surface area contributed by atoms with Crippen molar-refractivity contribution in [3.8, 4) is 0 Å². The Morgan fingerprint density at radius 1 is 0.639 bits per heavy atom. The van der Waals surface area contributed by atoms with Crippen molar-refractivity contribution in [2.45, 2.75) is 196 Å². The summed E-state index contributed by atoms with van der Waals surface area (Å²) in [5, 5.41) is 99.6. The number of ether oxygens (including phenoxy) is 7. The molecule has 5 aliphatic heterocycles. The molecule has 0 radical (unpaired) electrons. The summed E-state index contributed by atoms with van der Waals surface area (Å²) < 4.78 is 42.1. The molecule has 5 heterocycles. The van der Waals surface area contributed by atoms with Gasteiger partial charge in [-0.05, 0) is 111 Å². The molecule has 0 unspecified atom stereocenters. The molecule has 0 aromatic heterocycles. The molecule has 9 aliphatic rings. The largest absolute Gasteiger partial charge is 0.394 e. The summed E-state index contributed by atoms with van der Waals surface area (Å²) >= 11 is 0. The van der Waals surface area contributed by atoms with E-state index in [1.807, 2.05) is 0 Å². The quantitative estimate of drug-likeness (QED) is 0.138. The molecule has 9 fully saturated rings. The molecule has 0 aromatic carbocycles. The van der Waals surface area contributed by atoms with Crippen LogP contribution in [0.3, 0.4) is 0 Å². The summed E-state index contributed by atoms with van der Waals surface area (Å²) in [5.74, 6) is 4.17. The van der Waals surface area contributed by atoms with Crippen LogP contribution in [-0.4, -0.2) is 176 Å². The SMILES string of the molecule is C[C@H]1CC[C@]2(NC1)O[C@H]1C[C@H]3[C@@H]4CC[C@H]5C[C@@H](O[C@@H]6O[C@H](CO)[C@H](O[C@H]7O[C@H](CO)[C@@H](O)[C@H](O[C@@H]8OC[C@@H](O)[C@H](O)[C@H]8O)[C@H]7O)[C@H](O)[C@H]6O)CC[C@]5(C)[C@H]4CC[C@]3(C)[C@H]1[C@@H]2C. The molecule has 26 atom stereocenters. The molecule has 10 N–H and O–H groups in total. The van der Waals surface area contributed by atoms with Gasteiger partial charge in [0.15, 0.2) is 18.9 Å². The van der Waals surface area contributed by atoms with Gasteiger partial charge in [-0.3, -0.25) is 5.32 Å². The maximum atomic E-state index is 11.4. The van der Waals surface area contributed by atoms with Crippen LogP contribution in [0.25, 0.3) is 0 Å². The fourth-order valence-corrected chi connectivity index (χ4v) is 14.6. The number of hydrogen-bond donors (Lipinski definition) is 10. The van der Waals surface area contributed by atoms with E-state index in [4.69, 9.17) is 33.2 Å². The highest BCUT2D eigenvalue weighted by molar-refractivity contribution is 5.16. The molecular weight excluding hydrogens is 798 g/mol. The first-order valence-corrected chi connectivity index (χ1v) is 23.3. The zero-order chi connectivity index (χ0) is 43.3. The van der Waals surface area contributed by atoms with Crippen LogP contribution in [-0.2, 0) is 33.2 Å². The third kappa shape index (κ3) is 7.58. The van der Waals surface area contributed by atoms with E-state index in [1.165, 1.54) is 25.7 Å². The molecular formula is C44H73NO16. The van der Waals surface area contributed by atoms with Gasteiger partial charge in [-0.25, -0.2) is 0 Å². The summed E-state index contributed by atoms with van der Waals surface area (Å²) in [6, 6.07) is 0. The monoisotopic (exact) mass is 871 g/mol. The number of aliphatic hydroxyl groups is 9. The van der Waals surface area contributed by atoms with Crippen LogP contribution in [0.5, 0.6) is 0 Å². The maximum absolute atomic E-state index is 11.4. The molecule has 0 amide bonds. The van der Waals surface area contributed by atoms with Crippen molar-refractivity contribution in [1.82, 2.24) is 5.32 Å². The molecule has 350 valence electrons. The molecule has 0 bridgehead atoms. The lowest BCUT2D eigenvalue weighted by Gasteiger charge is -2.61. The van der Waals surface area contributed by atoms with Gasteiger partial charge in [0.1, 0.15) is 72.9 Å². The second-order valence-corrected chi connectivity index (χ2v) is 21.2. The van der Waals surface area contributed by atoms with E-state index in [2.05, 4.69) is 33.0 Å². The molecule has 1 spiro atoms. The summed E-state index contributed by atoms with van der Waals surface area (Å²) in [6.07, 6.45) is -10.8. The van der Waals surface area contributed by atoms with Crippen LogP contribution in [0.2, 0.25) is 0 Å². The molecule has 17 heteroatoms. The van der Waals surface area contributed by atoms with Crippen LogP contribution < -0.4 is 5.32 Å². The number of hydrogen-bond acceptors (Lipinski definition) is 17. The topological polar surface area (TPSA) is 259 Å². The first-order chi connectivity index (χ1) is 29.0. The number of nitrogens with one attached hydrogen (secondary N) is 1. The predicted octanol–water partition coefficient (Wildman–Crippen LogP) is -0.521. The second kappa shape index (κ2) is 17.2. The zero-order valence-electron chi connectivity index (χ0n) is 36.1. The van der Waals surface area contributed by atoms with Gasteiger partial charge < -0.3 is 79.1 Å². The van der Waals surface area contributed by atoms with Gasteiger partial charge in [0.25, 0.3) is 0 Å². The highest BCUT2D eigenvalue weighted by Crippen LogP contribution is 2.71. The molecule has 61 heavy (non-hydrogen) atoms. The molecule has 4 aliphatic carbocycles. The van der Waals surface area contributed by atoms with Gasteiger partial charge in [-0.1, -0.05) is 27.7 Å². The van der Waals surface area contributed by atoms with Crippen molar-refractivity contribution in [1.29, 1.82) is 0 Å². The van der Waals surface area contributed by atoms with Crippen molar-refractivity contribution in [2.24, 2.45) is 52.3 Å². The van der Waals surface area contributed by atoms with Crippen molar-refractivity contribution < 1.29 is 79.1 Å². The fourth-order valence-electron chi connectivity index (χ4n) is 14.6. The van der Waals surface area contributed by atoms with Gasteiger partial charge in [0.2, 0.25) is 0 Å². The van der Waals surface area contributed by atoms with Gasteiger partial charge in [0, 0.05) is 12.5 Å². The van der Waals surface area contributed by atoms with Crippen molar-refractivity contribution in [3.05, 3.63) is 0 Å². The van der Waals surface area contributed by atoms with Crippen LogP contribution in [0.4, 0.5) is 0 Å². The fraction of sp³-hybridized carbons (Fsp3) is 1.00. The van der Waals surface area contributed by atoms with Crippen molar-refractivity contribution >= 4 is 0 Å². The molecule has 0 aromatic rings. The van der Waals surface area contributed by atoms with E-state index in [1.54, 1.807) is 0 Å². The van der Waals surface area contributed by atoms with Crippen LogP contribution in [0.1, 0.15) is 91.9 Å². The molecule has 17 nitrogen and oxygen atoms in total. The van der Waals surface area contributed by atoms with Crippen LogP contribution in [0.15, 0.2) is 0 Å². The Morgan fingerprint density at radius 2 is 1.33 bits per heavy atom. The Kier molecular flexibility index (Phi) is 12.8. The molecule has 5 saturated heterocycles. The number of fused-ring (bicyclic) bond motifs is 7. The molecule has 9 rings (SSSR count). The van der Waals surface area contributed by atoms with E-state index in [9.17, 15) is 46.0 Å². The van der Waals surface area contributed by atoms with Crippen LogP contribution >= 0.6 is 0 Å². The lowest BCUT2D eigenvalue weighted by molar-refractivity contribution is -0.378. The highest BCUT2D eigenvalue weighted by Gasteiger charge is 2.69. The average molecular weight is 872 g/mol. The van der Waals surface area contributed by atoms with E-state index >= 15 is 0 Å². The number of aliphatic hydroxyl groups excluding tert-OH is 9. The van der Waals surface area contributed by atoms with Crippen molar-refractivity contribution in [2.75, 3.05) is 26.4 Å². The number of piperidine rings is 1. The molecule has 4 saturated carbocycles. The lowest BCUT2D eigenvalue weighted by atomic mass is 9.44. The Hall–Kier alpha value is -0.680. The number of rotatable bonds is 8. The maximum Gasteiger partial charge on any atom is 0.187 e. The average Bonchev–Trinajstić information content (AvgIpc) is 3.69. The Labute approximate surface area is 358 Å². The van der Waals surface area contributed by atoms with E-state index < -0.39 is 106 Å². The van der Waals surface area contributed by atoms with Crippen molar-refractivity contribution in [3.63, 3.8) is 0 Å². The smallest absolute Gasteiger partial charge is 0.187 e. The van der Waals surface area contributed by atoms with Gasteiger partial charge in [-0.2, -0.15) is 0 Å². The van der Waals surface area contributed by atoms with Crippen LogP contribution in [0, 0.1) is 52.3 Å². The third-order valence-corrected chi connectivity index (χ3v) is 18.1. The van der Waals surface area contributed by atoms with Gasteiger partial charge in [-0.15, -0.1) is 0 Å². The Bertz CT molecular complexity index is 1520. The third-order valence-electron chi connectivity index (χ3n) is 18.1. The first-order valence-electron chi connectivity index (χ1n) is 23.3. The zero-order valence-corrected chi connectivity index (χ0v) is 36.1.